The molecule has 3 aromatic heterocycles. The van der Waals surface area contributed by atoms with E-state index in [0.29, 0.717) is 17.4 Å². The predicted molar refractivity (Wildman–Crippen MR) is 127 cm³/mol. The van der Waals surface area contributed by atoms with Crippen molar-refractivity contribution in [1.29, 1.82) is 0 Å². The minimum Gasteiger partial charge on any atom is -0.486 e. The van der Waals surface area contributed by atoms with Gasteiger partial charge in [0, 0.05) is 30.9 Å². The molecule has 1 aromatic carbocycles. The highest BCUT2D eigenvalue weighted by Crippen LogP contribution is 2.29. The van der Waals surface area contributed by atoms with Gasteiger partial charge in [-0.2, -0.15) is 0 Å². The van der Waals surface area contributed by atoms with E-state index in [9.17, 15) is 0 Å². The monoisotopic (exact) mass is 480 g/mol. The van der Waals surface area contributed by atoms with Gasteiger partial charge in [-0.05, 0) is 52.6 Å². The summed E-state index contributed by atoms with van der Waals surface area (Å²) in [4.78, 5) is 15.9. The van der Waals surface area contributed by atoms with Crippen LogP contribution in [-0.2, 0) is 13.0 Å². The molecule has 0 aliphatic carbocycles. The van der Waals surface area contributed by atoms with Gasteiger partial charge in [0.2, 0.25) is 5.95 Å². The Morgan fingerprint density at radius 3 is 2.79 bits per heavy atom. The Kier molecular flexibility index (Phi) is 6.27. The fraction of sp³-hybridized carbons (Fsp3) is 0.273. The van der Waals surface area contributed by atoms with Gasteiger partial charge < -0.3 is 9.64 Å². The number of halogens is 1. The zero-order chi connectivity index (χ0) is 22.6. The van der Waals surface area contributed by atoms with E-state index >= 15 is 0 Å². The molecule has 0 saturated heterocycles. The minimum absolute atomic E-state index is 0.345. The number of hydrogen-bond donors (Lipinski definition) is 0. The van der Waals surface area contributed by atoms with Gasteiger partial charge in [-0.15, -0.1) is 16.4 Å². The number of hydrogen-bond acceptors (Lipinski definition) is 9. The summed E-state index contributed by atoms with van der Waals surface area (Å²) >= 11 is 8.00. The fourth-order valence-corrected chi connectivity index (χ4v) is 4.54. The van der Waals surface area contributed by atoms with Gasteiger partial charge in [-0.3, -0.25) is 0 Å². The molecule has 0 spiro atoms. The molecule has 168 valence electrons. The van der Waals surface area contributed by atoms with Crippen LogP contribution in [0.25, 0.3) is 11.3 Å². The molecule has 33 heavy (non-hydrogen) atoms. The van der Waals surface area contributed by atoms with Gasteiger partial charge in [0.25, 0.3) is 0 Å². The molecule has 0 saturated carbocycles. The topological polar surface area (TPSA) is 94.7 Å². The van der Waals surface area contributed by atoms with Crippen LogP contribution in [0.15, 0.2) is 48.4 Å². The van der Waals surface area contributed by atoms with Gasteiger partial charge in [-0.1, -0.05) is 24.6 Å². The van der Waals surface area contributed by atoms with Crippen LogP contribution in [0.2, 0.25) is 5.02 Å². The number of rotatable bonds is 7. The molecular weight excluding hydrogens is 460 g/mol. The largest absolute Gasteiger partial charge is 0.486 e. The molecule has 4 heterocycles. The summed E-state index contributed by atoms with van der Waals surface area (Å²) in [7, 11) is 0. The van der Waals surface area contributed by atoms with Crippen molar-refractivity contribution in [2.24, 2.45) is 0 Å². The highest BCUT2D eigenvalue weighted by molar-refractivity contribution is 7.10. The van der Waals surface area contributed by atoms with E-state index < -0.39 is 0 Å². The summed E-state index contributed by atoms with van der Waals surface area (Å²) in [5, 5.41) is 14.7. The van der Waals surface area contributed by atoms with E-state index in [1.54, 1.807) is 23.5 Å². The standard InChI is InChI=1S/C22H21ClN8OS/c1-2-15-10-24-22(25-11-15)30-7-5-16(6-8-30)21-27-17(13-33-21)12-32-20-4-3-18(9-19(20)23)31-14-26-28-29-31/h3-5,9-11,13-14H,2,6-8,12H2,1H3. The first kappa shape index (κ1) is 21.5. The highest BCUT2D eigenvalue weighted by Gasteiger charge is 2.17. The third-order valence-corrected chi connectivity index (χ3v) is 6.58. The molecule has 0 atom stereocenters. The summed E-state index contributed by atoms with van der Waals surface area (Å²) in [6, 6.07) is 5.42. The summed E-state index contributed by atoms with van der Waals surface area (Å²) in [6.45, 7) is 4.09. The van der Waals surface area contributed by atoms with Crippen molar-refractivity contribution in [3.05, 3.63) is 69.7 Å². The van der Waals surface area contributed by atoms with Crippen LogP contribution >= 0.6 is 22.9 Å². The number of aryl methyl sites for hydroxylation is 1. The third kappa shape index (κ3) is 4.86. The Labute approximate surface area is 199 Å². The number of ether oxygens (including phenoxy) is 1. The number of benzene rings is 1. The van der Waals surface area contributed by atoms with Crippen molar-refractivity contribution in [2.45, 2.75) is 26.4 Å². The summed E-state index contributed by atoms with van der Waals surface area (Å²) < 4.78 is 7.43. The van der Waals surface area contributed by atoms with Crippen molar-refractivity contribution in [3.8, 4) is 11.4 Å². The molecule has 1 aliphatic heterocycles. The molecule has 0 N–H and O–H groups in total. The SMILES string of the molecule is CCc1cnc(N2CC=C(c3nc(COc4ccc(-n5cnnn5)cc4Cl)cs3)CC2)nc1. The smallest absolute Gasteiger partial charge is 0.225 e. The van der Waals surface area contributed by atoms with E-state index in [0.717, 1.165) is 53.8 Å². The number of nitrogens with zero attached hydrogens (tertiary/aromatic N) is 8. The molecule has 0 fully saturated rings. The zero-order valence-electron chi connectivity index (χ0n) is 17.9. The lowest BCUT2D eigenvalue weighted by atomic mass is 10.1. The van der Waals surface area contributed by atoms with Crippen LogP contribution in [-0.4, -0.2) is 48.2 Å². The Morgan fingerprint density at radius 2 is 2.09 bits per heavy atom. The van der Waals surface area contributed by atoms with Crippen LogP contribution in [0.1, 0.15) is 29.6 Å². The Bertz CT molecular complexity index is 1260. The lowest BCUT2D eigenvalue weighted by Gasteiger charge is -2.25. The molecule has 11 heteroatoms. The molecule has 0 radical (unpaired) electrons. The lowest BCUT2D eigenvalue weighted by Crippen LogP contribution is -2.29. The maximum Gasteiger partial charge on any atom is 0.225 e. The molecule has 4 aromatic rings. The Hall–Kier alpha value is -3.37. The predicted octanol–water partition coefficient (Wildman–Crippen LogP) is 4.00. The van der Waals surface area contributed by atoms with E-state index in [2.05, 4.69) is 43.4 Å². The molecule has 0 unspecified atom stereocenters. The minimum atomic E-state index is 0.345. The van der Waals surface area contributed by atoms with Crippen LogP contribution in [0.4, 0.5) is 5.95 Å². The average molecular weight is 481 g/mol. The second-order valence-electron chi connectivity index (χ2n) is 7.47. The maximum absolute atomic E-state index is 6.37. The van der Waals surface area contributed by atoms with Crippen molar-refractivity contribution in [2.75, 3.05) is 18.0 Å². The zero-order valence-corrected chi connectivity index (χ0v) is 19.5. The number of anilines is 1. The van der Waals surface area contributed by atoms with Gasteiger partial charge in [0.05, 0.1) is 16.4 Å². The fourth-order valence-electron chi connectivity index (χ4n) is 3.44. The first-order valence-electron chi connectivity index (χ1n) is 10.5. The van der Waals surface area contributed by atoms with Crippen LogP contribution in [0.5, 0.6) is 5.75 Å². The molecule has 1 aliphatic rings. The molecule has 0 amide bonds. The van der Waals surface area contributed by atoms with Gasteiger partial charge in [-0.25, -0.2) is 19.6 Å². The maximum atomic E-state index is 6.37. The average Bonchev–Trinajstić information content (AvgIpc) is 3.56. The third-order valence-electron chi connectivity index (χ3n) is 5.32. The van der Waals surface area contributed by atoms with Crippen molar-refractivity contribution in [3.63, 3.8) is 0 Å². The van der Waals surface area contributed by atoms with Crippen LogP contribution in [0.3, 0.4) is 0 Å². The van der Waals surface area contributed by atoms with Crippen LogP contribution in [0, 0.1) is 0 Å². The summed E-state index contributed by atoms with van der Waals surface area (Å²) in [5.41, 5.74) is 4.03. The van der Waals surface area contributed by atoms with Gasteiger partial charge in [0.1, 0.15) is 23.7 Å². The molecule has 9 nitrogen and oxygen atoms in total. The van der Waals surface area contributed by atoms with E-state index in [4.69, 9.17) is 21.3 Å². The first-order valence-corrected chi connectivity index (χ1v) is 11.8. The Balaban J connectivity index is 1.20. The molecule has 0 bridgehead atoms. The second kappa shape index (κ2) is 9.63. The van der Waals surface area contributed by atoms with E-state index in [-0.39, 0.29) is 0 Å². The summed E-state index contributed by atoms with van der Waals surface area (Å²) in [5.74, 6) is 1.36. The second-order valence-corrected chi connectivity index (χ2v) is 8.74. The van der Waals surface area contributed by atoms with Crippen LogP contribution < -0.4 is 9.64 Å². The highest BCUT2D eigenvalue weighted by atomic mass is 35.5. The summed E-state index contributed by atoms with van der Waals surface area (Å²) in [6.07, 6.45) is 9.37. The lowest BCUT2D eigenvalue weighted by molar-refractivity contribution is 0.302. The van der Waals surface area contributed by atoms with E-state index in [1.807, 2.05) is 23.8 Å². The normalized spacial score (nSPS) is 13.8. The number of thiazole rings is 1. The molecular formula is C22H21ClN8OS. The van der Waals surface area contributed by atoms with Crippen molar-refractivity contribution in [1.82, 2.24) is 35.2 Å². The Morgan fingerprint density at radius 1 is 1.21 bits per heavy atom. The van der Waals surface area contributed by atoms with Crippen molar-refractivity contribution >= 4 is 34.5 Å². The van der Waals surface area contributed by atoms with Gasteiger partial charge >= 0.3 is 0 Å². The van der Waals surface area contributed by atoms with Crippen molar-refractivity contribution < 1.29 is 4.74 Å². The van der Waals surface area contributed by atoms with E-state index in [1.165, 1.54) is 16.6 Å². The number of aromatic nitrogens is 7. The van der Waals surface area contributed by atoms with Gasteiger partial charge in [0.15, 0.2) is 0 Å². The number of tetrazole rings is 1. The first-order chi connectivity index (χ1) is 16.2. The quantitative estimate of drug-likeness (QED) is 0.391. The molecule has 5 rings (SSSR count).